The van der Waals surface area contributed by atoms with Gasteiger partial charge in [-0.2, -0.15) is 0 Å². The van der Waals surface area contributed by atoms with Crippen LogP contribution in [0, 0.1) is 6.92 Å². The minimum Gasteiger partial charge on any atom is -0.350 e. The zero-order valence-corrected chi connectivity index (χ0v) is 14.5. The smallest absolute Gasteiger partial charge is 0.238 e. The molecule has 0 spiro atoms. The Morgan fingerprint density at radius 2 is 1.77 bits per heavy atom. The average molecular weight is 326 g/mol. The fourth-order valence-electron chi connectivity index (χ4n) is 1.92. The van der Waals surface area contributed by atoms with Crippen molar-refractivity contribution in [3.8, 4) is 0 Å². The van der Waals surface area contributed by atoms with Crippen LogP contribution in [0.3, 0.4) is 0 Å². The number of nitrogens with zero attached hydrogens (tertiary/aromatic N) is 1. The number of halogens is 1. The van der Waals surface area contributed by atoms with Crippen LogP contribution < -0.4 is 10.6 Å². The van der Waals surface area contributed by atoms with E-state index in [9.17, 15) is 9.59 Å². The lowest BCUT2D eigenvalue weighted by Crippen LogP contribution is -2.46. The van der Waals surface area contributed by atoms with Gasteiger partial charge < -0.3 is 10.6 Å². The maximum absolute atomic E-state index is 12.0. The Balaban J connectivity index is 2.49. The Bertz CT molecular complexity index is 553. The van der Waals surface area contributed by atoms with Crippen molar-refractivity contribution >= 4 is 29.1 Å². The van der Waals surface area contributed by atoms with Crippen molar-refractivity contribution in [3.05, 3.63) is 28.8 Å². The Labute approximate surface area is 137 Å². The second-order valence-corrected chi connectivity index (χ2v) is 6.91. The average Bonchev–Trinajstić information content (AvgIpc) is 2.29. The molecule has 0 saturated heterocycles. The number of anilines is 1. The summed E-state index contributed by atoms with van der Waals surface area (Å²) in [6, 6.07) is 5.43. The van der Waals surface area contributed by atoms with Crippen LogP contribution in [0.4, 0.5) is 5.69 Å². The first-order valence-corrected chi connectivity index (χ1v) is 7.50. The monoisotopic (exact) mass is 325 g/mol. The number of rotatable bonds is 5. The van der Waals surface area contributed by atoms with Gasteiger partial charge in [-0.1, -0.05) is 17.7 Å². The van der Waals surface area contributed by atoms with Crippen molar-refractivity contribution in [1.82, 2.24) is 10.2 Å². The van der Waals surface area contributed by atoms with Gasteiger partial charge in [-0.25, -0.2) is 0 Å². The van der Waals surface area contributed by atoms with E-state index in [0.717, 1.165) is 5.56 Å². The van der Waals surface area contributed by atoms with Crippen molar-refractivity contribution in [3.63, 3.8) is 0 Å². The molecular formula is C16H24ClN3O2. The lowest BCUT2D eigenvalue weighted by atomic mass is 10.1. The quantitative estimate of drug-likeness (QED) is 0.874. The topological polar surface area (TPSA) is 61.4 Å². The van der Waals surface area contributed by atoms with Gasteiger partial charge in [-0.05, 0) is 52.4 Å². The van der Waals surface area contributed by atoms with E-state index in [0.29, 0.717) is 10.7 Å². The first kappa shape index (κ1) is 18.5. The molecule has 0 atom stereocenters. The summed E-state index contributed by atoms with van der Waals surface area (Å²) in [5.74, 6) is -0.326. The number of benzene rings is 1. The molecule has 0 bridgehead atoms. The molecule has 1 aromatic rings. The second kappa shape index (κ2) is 7.61. The van der Waals surface area contributed by atoms with Crippen LogP contribution in [-0.4, -0.2) is 42.4 Å². The highest BCUT2D eigenvalue weighted by molar-refractivity contribution is 6.33. The molecule has 2 amide bonds. The number of amides is 2. The molecule has 0 aliphatic carbocycles. The number of hydrogen-bond donors (Lipinski definition) is 2. The summed E-state index contributed by atoms with van der Waals surface area (Å²) >= 11 is 6.07. The molecule has 0 heterocycles. The van der Waals surface area contributed by atoms with Crippen molar-refractivity contribution in [2.24, 2.45) is 0 Å². The van der Waals surface area contributed by atoms with E-state index in [4.69, 9.17) is 11.6 Å². The Morgan fingerprint density at radius 3 is 2.32 bits per heavy atom. The van der Waals surface area contributed by atoms with Gasteiger partial charge in [0.15, 0.2) is 0 Å². The largest absolute Gasteiger partial charge is 0.350 e. The molecule has 122 valence electrons. The minimum absolute atomic E-state index is 0.113. The van der Waals surface area contributed by atoms with Gasteiger partial charge in [0.1, 0.15) is 0 Å². The van der Waals surface area contributed by atoms with Gasteiger partial charge in [-0.3, -0.25) is 14.5 Å². The van der Waals surface area contributed by atoms with Crippen molar-refractivity contribution in [2.75, 3.05) is 25.5 Å². The highest BCUT2D eigenvalue weighted by Crippen LogP contribution is 2.22. The summed E-state index contributed by atoms with van der Waals surface area (Å²) in [6.45, 7) is 7.94. The molecule has 6 heteroatoms. The highest BCUT2D eigenvalue weighted by Gasteiger charge is 2.16. The molecule has 2 N–H and O–H groups in total. The van der Waals surface area contributed by atoms with Gasteiger partial charge in [0, 0.05) is 5.54 Å². The Kier molecular flexibility index (Phi) is 6.38. The molecule has 0 aliphatic rings. The summed E-state index contributed by atoms with van der Waals surface area (Å²) < 4.78 is 0. The molecule has 0 aliphatic heterocycles. The number of carbonyl (C=O) groups excluding carboxylic acids is 2. The van der Waals surface area contributed by atoms with Crippen LogP contribution in [0.5, 0.6) is 0 Å². The zero-order valence-electron chi connectivity index (χ0n) is 13.8. The lowest BCUT2D eigenvalue weighted by molar-refractivity contribution is -0.124. The second-order valence-electron chi connectivity index (χ2n) is 6.50. The molecule has 22 heavy (non-hydrogen) atoms. The number of nitrogens with one attached hydrogen (secondary N) is 2. The van der Waals surface area contributed by atoms with E-state index >= 15 is 0 Å². The normalized spacial score (nSPS) is 11.4. The van der Waals surface area contributed by atoms with Crippen molar-refractivity contribution in [2.45, 2.75) is 33.2 Å². The summed E-state index contributed by atoms with van der Waals surface area (Å²) in [6.07, 6.45) is 0. The Morgan fingerprint density at radius 1 is 1.18 bits per heavy atom. The molecule has 5 nitrogen and oxygen atoms in total. The molecule has 0 unspecified atom stereocenters. The first-order valence-electron chi connectivity index (χ1n) is 7.12. The van der Waals surface area contributed by atoms with Gasteiger partial charge in [0.05, 0.1) is 23.8 Å². The maximum atomic E-state index is 12.0. The standard InChI is InChI=1S/C16H24ClN3O2/c1-11-6-7-13(12(17)8-11)18-14(21)9-20(5)10-15(22)19-16(2,3)4/h6-8H,9-10H2,1-5H3,(H,18,21)(H,19,22). The molecule has 0 saturated carbocycles. The number of hydrogen-bond acceptors (Lipinski definition) is 3. The number of likely N-dealkylation sites (N-methyl/N-ethyl adjacent to an activating group) is 1. The van der Waals surface area contributed by atoms with Gasteiger partial charge in [0.25, 0.3) is 0 Å². The molecule has 1 rings (SSSR count). The van der Waals surface area contributed by atoms with E-state index in [1.54, 1.807) is 24.1 Å². The van der Waals surface area contributed by atoms with Crippen LogP contribution in [0.15, 0.2) is 18.2 Å². The summed E-state index contributed by atoms with van der Waals surface area (Å²) in [7, 11) is 1.72. The van der Waals surface area contributed by atoms with Crippen LogP contribution >= 0.6 is 11.6 Å². The van der Waals surface area contributed by atoms with E-state index in [2.05, 4.69) is 10.6 Å². The third kappa shape index (κ3) is 6.91. The van der Waals surface area contributed by atoms with Crippen LogP contribution in [0.2, 0.25) is 5.02 Å². The lowest BCUT2D eigenvalue weighted by Gasteiger charge is -2.23. The number of carbonyl (C=O) groups is 2. The predicted octanol–water partition coefficient (Wildman–Crippen LogP) is 2.43. The van der Waals surface area contributed by atoms with Crippen LogP contribution in [0.25, 0.3) is 0 Å². The van der Waals surface area contributed by atoms with Crippen molar-refractivity contribution in [1.29, 1.82) is 0 Å². The third-order valence-electron chi connectivity index (χ3n) is 2.74. The van der Waals surface area contributed by atoms with E-state index in [-0.39, 0.29) is 30.4 Å². The van der Waals surface area contributed by atoms with Crippen molar-refractivity contribution < 1.29 is 9.59 Å². The summed E-state index contributed by atoms with van der Waals surface area (Å²) in [4.78, 5) is 25.4. The van der Waals surface area contributed by atoms with Gasteiger partial charge >= 0.3 is 0 Å². The Hall–Kier alpha value is -1.59. The highest BCUT2D eigenvalue weighted by atomic mass is 35.5. The van der Waals surface area contributed by atoms with E-state index in [1.807, 2.05) is 33.8 Å². The molecule has 0 aromatic heterocycles. The SMILES string of the molecule is Cc1ccc(NC(=O)CN(C)CC(=O)NC(C)(C)C)c(Cl)c1. The van der Waals surface area contributed by atoms with Gasteiger partial charge in [-0.15, -0.1) is 0 Å². The maximum Gasteiger partial charge on any atom is 0.238 e. The zero-order chi connectivity index (χ0) is 16.9. The molecule has 0 fully saturated rings. The number of aryl methyl sites for hydroxylation is 1. The first-order chi connectivity index (χ1) is 10.1. The van der Waals surface area contributed by atoms with E-state index in [1.165, 1.54) is 0 Å². The third-order valence-corrected chi connectivity index (χ3v) is 3.05. The van der Waals surface area contributed by atoms with Crippen LogP contribution in [-0.2, 0) is 9.59 Å². The predicted molar refractivity (Wildman–Crippen MR) is 90.2 cm³/mol. The summed E-state index contributed by atoms with van der Waals surface area (Å²) in [5, 5.41) is 6.10. The summed E-state index contributed by atoms with van der Waals surface area (Å²) in [5.41, 5.74) is 1.32. The molecule has 0 radical (unpaired) electrons. The van der Waals surface area contributed by atoms with Crippen LogP contribution in [0.1, 0.15) is 26.3 Å². The fraction of sp³-hybridized carbons (Fsp3) is 0.500. The minimum atomic E-state index is -0.282. The molecular weight excluding hydrogens is 302 g/mol. The van der Waals surface area contributed by atoms with E-state index < -0.39 is 0 Å². The van der Waals surface area contributed by atoms with Gasteiger partial charge in [0.2, 0.25) is 11.8 Å². The fourth-order valence-corrected chi connectivity index (χ4v) is 2.20. The molecule has 1 aromatic carbocycles.